The summed E-state index contributed by atoms with van der Waals surface area (Å²) < 4.78 is 0. The van der Waals surface area contributed by atoms with Crippen LogP contribution < -0.4 is 10.3 Å². The van der Waals surface area contributed by atoms with Gasteiger partial charge in [0.1, 0.15) is 0 Å². The van der Waals surface area contributed by atoms with Crippen molar-refractivity contribution in [1.82, 2.24) is 5.32 Å². The minimum atomic E-state index is 0.157. The van der Waals surface area contributed by atoms with Crippen molar-refractivity contribution in [2.75, 3.05) is 30.9 Å². The van der Waals surface area contributed by atoms with E-state index >= 15 is 0 Å². The maximum atomic E-state index is 11.9. The maximum absolute atomic E-state index is 11.9. The molecule has 1 fully saturated rings. The van der Waals surface area contributed by atoms with Crippen LogP contribution in [0.3, 0.4) is 0 Å². The number of nitrogens with one attached hydrogen (secondary N) is 1. The van der Waals surface area contributed by atoms with Gasteiger partial charge in [0.15, 0.2) is 0 Å². The van der Waals surface area contributed by atoms with Crippen LogP contribution in [-0.4, -0.2) is 49.5 Å². The van der Waals surface area contributed by atoms with Crippen LogP contribution in [0.25, 0.3) is 0 Å². The number of allylic oxidation sites excluding steroid dienone is 3. The smallest absolute Gasteiger partial charge is 0.219 e. The van der Waals surface area contributed by atoms with Crippen molar-refractivity contribution in [2.24, 2.45) is 10.1 Å². The van der Waals surface area contributed by atoms with Gasteiger partial charge < -0.3 is 5.32 Å². The molecule has 1 atom stereocenters. The third kappa shape index (κ3) is 11.3. The van der Waals surface area contributed by atoms with Crippen molar-refractivity contribution in [3.63, 3.8) is 0 Å². The molecule has 2 rings (SSSR count). The van der Waals surface area contributed by atoms with Crippen LogP contribution in [0, 0.1) is 0 Å². The van der Waals surface area contributed by atoms with Gasteiger partial charge in [0, 0.05) is 43.8 Å². The molecule has 31 heavy (non-hydrogen) atoms. The molecule has 1 aliphatic heterocycles. The molecule has 5 nitrogen and oxygen atoms in total. The van der Waals surface area contributed by atoms with Crippen LogP contribution in [0.15, 0.2) is 64.7 Å². The molecule has 1 N–H and O–H groups in total. The van der Waals surface area contributed by atoms with Gasteiger partial charge in [-0.3, -0.25) is 14.8 Å². The Labute approximate surface area is 194 Å². The van der Waals surface area contributed by atoms with E-state index in [1.54, 1.807) is 18.5 Å². The van der Waals surface area contributed by atoms with Gasteiger partial charge in [-0.15, -0.1) is 0 Å². The van der Waals surface area contributed by atoms with E-state index in [2.05, 4.69) is 22.0 Å². The molecular weight excluding hydrogens is 424 g/mol. The number of carbonyl (C=O) groups excluding carboxylic acids is 1. The highest BCUT2D eigenvalue weighted by Crippen LogP contribution is 2.39. The summed E-state index contributed by atoms with van der Waals surface area (Å²) in [5.41, 5.74) is 1.90. The first kappa shape index (κ1) is 25.3. The normalized spacial score (nSPS) is 16.8. The summed E-state index contributed by atoms with van der Waals surface area (Å²) in [5, 5.41) is 10.0. The molecule has 0 saturated carbocycles. The van der Waals surface area contributed by atoms with Crippen LogP contribution >= 0.6 is 21.6 Å². The number of benzene rings is 1. The van der Waals surface area contributed by atoms with Crippen LogP contribution in [0.1, 0.15) is 38.5 Å². The minimum Gasteiger partial charge on any atom is -0.356 e. The lowest BCUT2D eigenvalue weighted by molar-refractivity contribution is -0.121. The lowest BCUT2D eigenvalue weighted by atomic mass is 10.1. The van der Waals surface area contributed by atoms with Gasteiger partial charge in [-0.1, -0.05) is 58.9 Å². The number of hydrazone groups is 1. The Balaban J connectivity index is 1.55. The second-order valence-electron chi connectivity index (χ2n) is 7.31. The van der Waals surface area contributed by atoms with Crippen LogP contribution in [-0.2, 0) is 4.79 Å². The number of para-hydroxylation sites is 1. The number of nitrogens with zero attached hydrogens (tertiary/aromatic N) is 3. The highest BCUT2D eigenvalue weighted by Gasteiger charge is 2.15. The van der Waals surface area contributed by atoms with Crippen molar-refractivity contribution in [1.29, 1.82) is 0 Å². The standard InChI is InChI=1S/C24H34N4OS2/c1-3-21(20-27-28(2)22-10-5-4-6-11-22)14-18-25-16-9-17-26-24(29)13-8-7-12-23-15-19-30-31-23/h3-6,10-11,14,18,20,23H,1,7-9,12-13,15-17,19H2,2H3,(H,26,29). The van der Waals surface area contributed by atoms with E-state index in [9.17, 15) is 4.79 Å². The first-order valence-electron chi connectivity index (χ1n) is 10.9. The molecule has 0 aliphatic carbocycles. The Morgan fingerprint density at radius 2 is 2.13 bits per heavy atom. The summed E-state index contributed by atoms with van der Waals surface area (Å²) in [4.78, 5) is 16.3. The average molecular weight is 459 g/mol. The Morgan fingerprint density at radius 1 is 1.29 bits per heavy atom. The van der Waals surface area contributed by atoms with E-state index < -0.39 is 0 Å². The molecule has 1 amide bonds. The number of unbranched alkanes of at least 4 members (excludes halogenated alkanes) is 1. The van der Waals surface area contributed by atoms with E-state index in [1.165, 1.54) is 18.6 Å². The van der Waals surface area contributed by atoms with Gasteiger partial charge in [0.05, 0.1) is 11.9 Å². The maximum Gasteiger partial charge on any atom is 0.219 e. The number of amides is 1. The summed E-state index contributed by atoms with van der Waals surface area (Å²) in [7, 11) is 5.90. The van der Waals surface area contributed by atoms with Gasteiger partial charge in [-0.2, -0.15) is 5.10 Å². The van der Waals surface area contributed by atoms with Crippen molar-refractivity contribution < 1.29 is 4.79 Å². The van der Waals surface area contributed by atoms with Gasteiger partial charge in [0.2, 0.25) is 5.91 Å². The first-order valence-corrected chi connectivity index (χ1v) is 13.3. The molecule has 0 aromatic heterocycles. The molecule has 168 valence electrons. The molecule has 1 aromatic rings. The predicted octanol–water partition coefficient (Wildman–Crippen LogP) is 5.51. The summed E-state index contributed by atoms with van der Waals surface area (Å²) in [6.45, 7) is 5.18. The number of aliphatic imine (C=N–C) groups is 1. The van der Waals surface area contributed by atoms with Gasteiger partial charge >= 0.3 is 0 Å². The molecule has 0 bridgehead atoms. The highest BCUT2D eigenvalue weighted by atomic mass is 33.1. The third-order valence-electron chi connectivity index (χ3n) is 4.81. The van der Waals surface area contributed by atoms with E-state index in [1.807, 2.05) is 70.1 Å². The van der Waals surface area contributed by atoms with Crippen molar-refractivity contribution >= 4 is 45.6 Å². The first-order chi connectivity index (χ1) is 15.2. The number of hydrogen-bond acceptors (Lipinski definition) is 6. The van der Waals surface area contributed by atoms with Crippen LogP contribution in [0.2, 0.25) is 0 Å². The predicted molar refractivity (Wildman–Crippen MR) is 140 cm³/mol. The van der Waals surface area contributed by atoms with Crippen molar-refractivity contribution in [2.45, 2.75) is 43.8 Å². The fraction of sp³-hybridized carbons (Fsp3) is 0.458. The average Bonchev–Trinajstić information content (AvgIpc) is 3.32. The molecule has 1 heterocycles. The Bertz CT molecular complexity index is 743. The second kappa shape index (κ2) is 15.8. The van der Waals surface area contributed by atoms with E-state index in [0.717, 1.165) is 35.8 Å². The summed E-state index contributed by atoms with van der Waals surface area (Å²) in [5.74, 6) is 1.44. The minimum absolute atomic E-state index is 0.157. The topological polar surface area (TPSA) is 57.1 Å². The Kier molecular flexibility index (Phi) is 12.8. The number of hydrogen-bond donors (Lipinski definition) is 1. The zero-order valence-electron chi connectivity index (χ0n) is 18.4. The third-order valence-corrected chi connectivity index (χ3v) is 7.82. The lowest BCUT2D eigenvalue weighted by Crippen LogP contribution is -2.24. The van der Waals surface area contributed by atoms with Gasteiger partial charge in [-0.05, 0) is 49.5 Å². The van der Waals surface area contributed by atoms with E-state index in [0.29, 0.717) is 19.5 Å². The summed E-state index contributed by atoms with van der Waals surface area (Å²) in [6, 6.07) is 9.95. The molecule has 7 heteroatoms. The number of rotatable bonds is 14. The molecule has 1 aromatic carbocycles. The fourth-order valence-corrected chi connectivity index (χ4v) is 5.98. The SMILES string of the molecule is C=CC(C=NN(C)c1ccccc1)=CC=NCCCNC(=O)CCCCC1CCSS1. The Morgan fingerprint density at radius 3 is 2.87 bits per heavy atom. The lowest BCUT2D eigenvalue weighted by Gasteiger charge is -2.12. The van der Waals surface area contributed by atoms with Crippen LogP contribution in [0.5, 0.6) is 0 Å². The zero-order chi connectivity index (χ0) is 22.2. The van der Waals surface area contributed by atoms with Gasteiger partial charge in [-0.25, -0.2) is 0 Å². The second-order valence-corrected chi connectivity index (χ2v) is 10.1. The molecule has 0 radical (unpaired) electrons. The van der Waals surface area contributed by atoms with Gasteiger partial charge in [0.25, 0.3) is 0 Å². The molecule has 1 aliphatic rings. The highest BCUT2D eigenvalue weighted by molar-refractivity contribution is 8.77. The zero-order valence-corrected chi connectivity index (χ0v) is 20.0. The molecule has 1 unspecified atom stereocenters. The van der Waals surface area contributed by atoms with E-state index in [4.69, 9.17) is 0 Å². The number of carbonyl (C=O) groups is 1. The monoisotopic (exact) mass is 458 g/mol. The molecule has 0 spiro atoms. The van der Waals surface area contributed by atoms with Crippen molar-refractivity contribution in [3.8, 4) is 0 Å². The summed E-state index contributed by atoms with van der Waals surface area (Å²) >= 11 is 0. The Hall–Kier alpha value is -1.99. The number of anilines is 1. The summed E-state index contributed by atoms with van der Waals surface area (Å²) in [6.07, 6.45) is 13.3. The van der Waals surface area contributed by atoms with Crippen molar-refractivity contribution in [3.05, 3.63) is 54.6 Å². The molecule has 1 saturated heterocycles. The van der Waals surface area contributed by atoms with E-state index in [-0.39, 0.29) is 5.91 Å². The molecular formula is C24H34N4OS2. The quantitative estimate of drug-likeness (QED) is 0.131. The fourth-order valence-electron chi connectivity index (χ4n) is 2.95. The van der Waals surface area contributed by atoms with Crippen LogP contribution in [0.4, 0.5) is 5.69 Å². The largest absolute Gasteiger partial charge is 0.356 e.